The summed E-state index contributed by atoms with van der Waals surface area (Å²) in [6.07, 6.45) is 7.48. The van der Waals surface area contributed by atoms with Crippen LogP contribution in [0.4, 0.5) is 0 Å². The van der Waals surface area contributed by atoms with E-state index in [4.69, 9.17) is 5.84 Å². The Morgan fingerprint density at radius 2 is 2.44 bits per heavy atom. The van der Waals surface area contributed by atoms with Crippen LogP contribution in [0.3, 0.4) is 0 Å². The van der Waals surface area contributed by atoms with Crippen LogP contribution < -0.4 is 11.3 Å². The lowest BCUT2D eigenvalue weighted by Crippen LogP contribution is -2.24. The van der Waals surface area contributed by atoms with E-state index in [0.29, 0.717) is 0 Å². The first-order chi connectivity index (χ1) is 4.43. The average Bonchev–Trinajstić information content (AvgIpc) is 1.91. The number of nitrogens with two attached hydrogens (primary N) is 1. The van der Waals surface area contributed by atoms with Crippen molar-refractivity contribution < 1.29 is 0 Å². The fourth-order valence-electron chi connectivity index (χ4n) is 1.20. The average molecular weight is 126 g/mol. The summed E-state index contributed by atoms with van der Waals surface area (Å²) in [7, 11) is 0. The molecule has 0 aliphatic heterocycles. The number of nitrogens with one attached hydrogen (secondary N) is 1. The predicted octanol–water partition coefficient (Wildman–Crippen LogP) is 0.950. The third kappa shape index (κ3) is 2.16. The number of allylic oxidation sites excluding steroid dienone is 1. The topological polar surface area (TPSA) is 38.0 Å². The van der Waals surface area contributed by atoms with E-state index < -0.39 is 0 Å². The number of hydrogen-bond donors (Lipinski definition) is 2. The van der Waals surface area contributed by atoms with E-state index in [9.17, 15) is 0 Å². The van der Waals surface area contributed by atoms with Gasteiger partial charge < -0.3 is 0 Å². The molecule has 0 saturated carbocycles. The largest absolute Gasteiger partial charge is 0.271 e. The van der Waals surface area contributed by atoms with Gasteiger partial charge in [-0.15, -0.1) is 0 Å². The summed E-state index contributed by atoms with van der Waals surface area (Å²) < 4.78 is 0. The van der Waals surface area contributed by atoms with Crippen LogP contribution >= 0.6 is 0 Å². The number of rotatable bonds is 2. The zero-order valence-corrected chi connectivity index (χ0v) is 5.69. The smallest absolute Gasteiger partial charge is 0.0308 e. The highest BCUT2D eigenvalue weighted by Gasteiger charge is 2.00. The standard InChI is InChI=1S/C7H14N2/c8-9-6-7-4-2-1-3-5-7/h4,9H,1-3,5-6,8H2. The molecule has 3 N–H and O–H groups in total. The van der Waals surface area contributed by atoms with Crippen molar-refractivity contribution in [3.05, 3.63) is 11.6 Å². The summed E-state index contributed by atoms with van der Waals surface area (Å²) in [5.41, 5.74) is 4.14. The Morgan fingerprint density at radius 3 is 3.00 bits per heavy atom. The summed E-state index contributed by atoms with van der Waals surface area (Å²) in [5.74, 6) is 5.17. The molecule has 0 heterocycles. The van der Waals surface area contributed by atoms with Gasteiger partial charge in [-0.25, -0.2) is 0 Å². The fourth-order valence-corrected chi connectivity index (χ4v) is 1.20. The van der Waals surface area contributed by atoms with Crippen LogP contribution in [0.5, 0.6) is 0 Å². The lowest BCUT2D eigenvalue weighted by molar-refractivity contribution is 0.660. The Bertz CT molecular complexity index is 107. The molecule has 0 aromatic heterocycles. The molecule has 0 saturated heterocycles. The monoisotopic (exact) mass is 126 g/mol. The summed E-state index contributed by atoms with van der Waals surface area (Å²) in [4.78, 5) is 0. The maximum absolute atomic E-state index is 5.17. The van der Waals surface area contributed by atoms with Gasteiger partial charge in [0.1, 0.15) is 0 Å². The second kappa shape index (κ2) is 3.64. The Labute approximate surface area is 56.1 Å². The maximum atomic E-state index is 5.17. The lowest BCUT2D eigenvalue weighted by Gasteiger charge is -2.10. The van der Waals surface area contributed by atoms with Gasteiger partial charge in [-0.2, -0.15) is 0 Å². The summed E-state index contributed by atoms with van der Waals surface area (Å²) in [6, 6.07) is 0. The fraction of sp³-hybridized carbons (Fsp3) is 0.714. The summed E-state index contributed by atoms with van der Waals surface area (Å²) in [5, 5.41) is 0. The van der Waals surface area contributed by atoms with Crippen molar-refractivity contribution in [2.75, 3.05) is 6.54 Å². The van der Waals surface area contributed by atoms with E-state index in [0.717, 1.165) is 6.54 Å². The van der Waals surface area contributed by atoms with Crippen molar-refractivity contribution in [3.63, 3.8) is 0 Å². The van der Waals surface area contributed by atoms with Crippen molar-refractivity contribution in [3.8, 4) is 0 Å². The molecule has 1 aliphatic carbocycles. The first-order valence-corrected chi connectivity index (χ1v) is 3.55. The maximum Gasteiger partial charge on any atom is 0.0308 e. The summed E-state index contributed by atoms with van der Waals surface area (Å²) >= 11 is 0. The van der Waals surface area contributed by atoms with Crippen LogP contribution in [0.1, 0.15) is 25.7 Å². The molecule has 0 unspecified atom stereocenters. The number of hydrogen-bond acceptors (Lipinski definition) is 2. The minimum atomic E-state index is 0.875. The van der Waals surface area contributed by atoms with Crippen molar-refractivity contribution in [2.45, 2.75) is 25.7 Å². The van der Waals surface area contributed by atoms with Gasteiger partial charge >= 0.3 is 0 Å². The van der Waals surface area contributed by atoms with Crippen molar-refractivity contribution >= 4 is 0 Å². The van der Waals surface area contributed by atoms with E-state index in [2.05, 4.69) is 11.5 Å². The van der Waals surface area contributed by atoms with E-state index in [1.54, 1.807) is 0 Å². The Kier molecular flexibility index (Phi) is 2.74. The normalized spacial score (nSPS) is 19.4. The summed E-state index contributed by atoms with van der Waals surface area (Å²) in [6.45, 7) is 0.875. The molecule has 0 amide bonds. The van der Waals surface area contributed by atoms with Crippen molar-refractivity contribution in [1.29, 1.82) is 0 Å². The van der Waals surface area contributed by atoms with Crippen molar-refractivity contribution in [2.24, 2.45) is 5.84 Å². The zero-order chi connectivity index (χ0) is 6.53. The molecule has 1 aliphatic rings. The lowest BCUT2D eigenvalue weighted by atomic mass is 10.00. The molecule has 2 heteroatoms. The van der Waals surface area contributed by atoms with Crippen LogP contribution in [0.2, 0.25) is 0 Å². The molecule has 0 fully saturated rings. The minimum absolute atomic E-state index is 0.875. The molecule has 0 aromatic rings. The van der Waals surface area contributed by atoms with Gasteiger partial charge in [0.2, 0.25) is 0 Å². The van der Waals surface area contributed by atoms with Gasteiger partial charge in [-0.1, -0.05) is 11.6 Å². The van der Waals surface area contributed by atoms with Gasteiger partial charge in [0.15, 0.2) is 0 Å². The molecular formula is C7H14N2. The van der Waals surface area contributed by atoms with Gasteiger partial charge in [-0.05, 0) is 25.7 Å². The molecular weight excluding hydrogens is 112 g/mol. The first kappa shape index (κ1) is 6.78. The van der Waals surface area contributed by atoms with Gasteiger partial charge in [-0.3, -0.25) is 11.3 Å². The third-order valence-electron chi connectivity index (χ3n) is 1.71. The van der Waals surface area contributed by atoms with Gasteiger partial charge in [0.25, 0.3) is 0 Å². The molecule has 9 heavy (non-hydrogen) atoms. The molecule has 1 rings (SSSR count). The van der Waals surface area contributed by atoms with Crippen LogP contribution in [0, 0.1) is 0 Å². The quantitative estimate of drug-likeness (QED) is 0.328. The van der Waals surface area contributed by atoms with Crippen LogP contribution in [-0.4, -0.2) is 6.54 Å². The van der Waals surface area contributed by atoms with E-state index >= 15 is 0 Å². The minimum Gasteiger partial charge on any atom is -0.271 e. The number of hydrazine groups is 1. The molecule has 0 radical (unpaired) electrons. The van der Waals surface area contributed by atoms with Crippen LogP contribution in [-0.2, 0) is 0 Å². The molecule has 2 nitrogen and oxygen atoms in total. The molecule has 0 aromatic carbocycles. The van der Waals surface area contributed by atoms with E-state index in [1.807, 2.05) is 0 Å². The van der Waals surface area contributed by atoms with E-state index in [1.165, 1.54) is 31.3 Å². The molecule has 0 spiro atoms. The third-order valence-corrected chi connectivity index (χ3v) is 1.71. The predicted molar refractivity (Wildman–Crippen MR) is 38.7 cm³/mol. The molecule has 52 valence electrons. The highest BCUT2D eigenvalue weighted by atomic mass is 15.2. The highest BCUT2D eigenvalue weighted by Crippen LogP contribution is 2.15. The van der Waals surface area contributed by atoms with E-state index in [-0.39, 0.29) is 0 Å². The molecule has 0 atom stereocenters. The second-order valence-corrected chi connectivity index (χ2v) is 2.49. The Hall–Kier alpha value is -0.340. The SMILES string of the molecule is NNCC1=CCCCC1. The highest BCUT2D eigenvalue weighted by molar-refractivity contribution is 5.06. The van der Waals surface area contributed by atoms with Gasteiger partial charge in [0, 0.05) is 6.54 Å². The Morgan fingerprint density at radius 1 is 1.56 bits per heavy atom. The zero-order valence-electron chi connectivity index (χ0n) is 5.69. The Balaban J connectivity index is 2.28. The van der Waals surface area contributed by atoms with Crippen LogP contribution in [0.25, 0.3) is 0 Å². The second-order valence-electron chi connectivity index (χ2n) is 2.49. The van der Waals surface area contributed by atoms with Crippen molar-refractivity contribution in [1.82, 2.24) is 5.43 Å². The van der Waals surface area contributed by atoms with Gasteiger partial charge in [0.05, 0.1) is 0 Å². The molecule has 0 bridgehead atoms. The van der Waals surface area contributed by atoms with Crippen LogP contribution in [0.15, 0.2) is 11.6 Å². The first-order valence-electron chi connectivity index (χ1n) is 3.55.